The van der Waals surface area contributed by atoms with Gasteiger partial charge in [0.25, 0.3) is 0 Å². The third-order valence-corrected chi connectivity index (χ3v) is 6.72. The zero-order valence-electron chi connectivity index (χ0n) is 20.0. The number of aromatic nitrogens is 1. The molecule has 4 nitrogen and oxygen atoms in total. The molecule has 1 heterocycles. The molecular weight excluding hydrogens is 394 g/mol. The highest BCUT2D eigenvalue weighted by atomic mass is 16.1. The lowest BCUT2D eigenvalue weighted by atomic mass is 9.71. The Bertz CT molecular complexity index is 1040. The highest BCUT2D eigenvalue weighted by molar-refractivity contribution is 5.99. The number of carbonyl (C=O) groups is 1. The first-order valence-electron chi connectivity index (χ1n) is 11.8. The van der Waals surface area contributed by atoms with Crippen molar-refractivity contribution in [3.05, 3.63) is 58.9 Å². The van der Waals surface area contributed by atoms with Crippen LogP contribution in [0.2, 0.25) is 0 Å². The van der Waals surface area contributed by atoms with Crippen LogP contribution < -0.4 is 5.32 Å². The Morgan fingerprint density at radius 1 is 1.25 bits per heavy atom. The van der Waals surface area contributed by atoms with Crippen LogP contribution in [0.1, 0.15) is 75.3 Å². The summed E-state index contributed by atoms with van der Waals surface area (Å²) in [6.45, 7) is 10.0. The predicted octanol–water partition coefficient (Wildman–Crippen LogP) is 6.94. The third kappa shape index (κ3) is 5.46. The molecule has 1 saturated carbocycles. The zero-order valence-corrected chi connectivity index (χ0v) is 20.0. The second-order valence-electron chi connectivity index (χ2n) is 9.40. The lowest BCUT2D eigenvalue weighted by Gasteiger charge is -2.34. The van der Waals surface area contributed by atoms with Crippen LogP contribution >= 0.6 is 0 Å². The Balaban J connectivity index is 2.12. The molecule has 0 saturated heterocycles. The van der Waals surface area contributed by atoms with Gasteiger partial charge in [0.2, 0.25) is 5.91 Å². The van der Waals surface area contributed by atoms with Gasteiger partial charge in [-0.25, -0.2) is 0 Å². The van der Waals surface area contributed by atoms with Gasteiger partial charge in [0.1, 0.15) is 6.07 Å². The highest BCUT2D eigenvalue weighted by Crippen LogP contribution is 2.42. The van der Waals surface area contributed by atoms with Gasteiger partial charge in [-0.15, -0.1) is 0 Å². The second-order valence-corrected chi connectivity index (χ2v) is 9.40. The summed E-state index contributed by atoms with van der Waals surface area (Å²) in [7, 11) is 0. The smallest absolute Gasteiger partial charge is 0.226 e. The molecule has 1 fully saturated rings. The number of rotatable bonds is 8. The molecule has 0 radical (unpaired) electrons. The number of amides is 1. The van der Waals surface area contributed by atoms with Gasteiger partial charge in [-0.1, -0.05) is 58.6 Å². The van der Waals surface area contributed by atoms with Crippen molar-refractivity contribution in [2.75, 3.05) is 5.32 Å². The molecule has 0 bridgehead atoms. The first kappa shape index (κ1) is 23.7. The van der Waals surface area contributed by atoms with Crippen LogP contribution in [-0.4, -0.2) is 10.9 Å². The molecule has 4 heteroatoms. The van der Waals surface area contributed by atoms with E-state index in [1.807, 2.05) is 52.1 Å². The number of aryl methyl sites for hydroxylation is 2. The molecule has 0 spiro atoms. The normalized spacial score (nSPS) is 15.5. The fourth-order valence-corrected chi connectivity index (χ4v) is 4.43. The van der Waals surface area contributed by atoms with Gasteiger partial charge in [-0.3, -0.25) is 9.78 Å². The maximum absolute atomic E-state index is 12.3. The highest BCUT2D eigenvalue weighted by Gasteiger charge is 2.28. The largest absolute Gasteiger partial charge is 0.326 e. The van der Waals surface area contributed by atoms with E-state index in [0.29, 0.717) is 11.5 Å². The standard InChI is InChI=1S/C28H35N3O/c1-6-21(22-9-7-10-22)15-26(27(16-29)25-13-19(4)17-30-20(25)5)23-11-8-12-24(14-23)31-28(32)18(2)3/h8,11-14,17-18,21-22H,6-7,9-10,15H2,1-5H3,(H,31,32). The molecule has 168 valence electrons. The van der Waals surface area contributed by atoms with E-state index in [0.717, 1.165) is 52.4 Å². The van der Waals surface area contributed by atoms with Crippen LogP contribution in [0.4, 0.5) is 5.69 Å². The minimum Gasteiger partial charge on any atom is -0.326 e. The minimum absolute atomic E-state index is 0.00665. The Morgan fingerprint density at radius 3 is 2.59 bits per heavy atom. The van der Waals surface area contributed by atoms with E-state index < -0.39 is 0 Å². The fraction of sp³-hybridized carbons (Fsp3) is 0.464. The molecule has 1 aromatic carbocycles. The SMILES string of the molecule is CCC(CC(=C(C#N)c1cc(C)cnc1C)c1cccc(NC(=O)C(C)C)c1)C1CCC1. The molecule has 32 heavy (non-hydrogen) atoms. The first-order valence-corrected chi connectivity index (χ1v) is 11.8. The van der Waals surface area contributed by atoms with E-state index in [-0.39, 0.29) is 11.8 Å². The van der Waals surface area contributed by atoms with Crippen molar-refractivity contribution >= 4 is 22.7 Å². The van der Waals surface area contributed by atoms with E-state index in [2.05, 4.69) is 35.4 Å². The van der Waals surface area contributed by atoms with Crippen LogP contribution in [0, 0.1) is 42.9 Å². The quantitative estimate of drug-likeness (QED) is 0.462. The van der Waals surface area contributed by atoms with Crippen LogP contribution in [0.25, 0.3) is 11.1 Å². The number of benzene rings is 1. The third-order valence-electron chi connectivity index (χ3n) is 6.72. The zero-order chi connectivity index (χ0) is 23.3. The average molecular weight is 430 g/mol. The van der Waals surface area contributed by atoms with Gasteiger partial charge < -0.3 is 5.32 Å². The number of hydrogen-bond acceptors (Lipinski definition) is 3. The van der Waals surface area contributed by atoms with Crippen molar-refractivity contribution in [2.24, 2.45) is 17.8 Å². The molecule has 1 atom stereocenters. The number of anilines is 1. The van der Waals surface area contributed by atoms with Crippen LogP contribution in [0.3, 0.4) is 0 Å². The van der Waals surface area contributed by atoms with Crippen molar-refractivity contribution in [3.8, 4) is 6.07 Å². The van der Waals surface area contributed by atoms with Crippen LogP contribution in [0.15, 0.2) is 36.5 Å². The van der Waals surface area contributed by atoms with Gasteiger partial charge in [-0.05, 0) is 67.0 Å². The van der Waals surface area contributed by atoms with Gasteiger partial charge in [0, 0.05) is 29.1 Å². The summed E-state index contributed by atoms with van der Waals surface area (Å²) in [5.74, 6) is 1.19. The van der Waals surface area contributed by atoms with Crippen molar-refractivity contribution in [1.82, 2.24) is 4.98 Å². The molecule has 1 amide bonds. The molecule has 1 aliphatic rings. The molecular formula is C28H35N3O. The van der Waals surface area contributed by atoms with Gasteiger partial charge in [0.05, 0.1) is 5.57 Å². The Labute approximate surface area is 192 Å². The molecule has 1 aliphatic carbocycles. The molecule has 3 rings (SSSR count). The molecule has 1 unspecified atom stereocenters. The van der Waals surface area contributed by atoms with E-state index in [1.165, 1.54) is 19.3 Å². The maximum Gasteiger partial charge on any atom is 0.226 e. The lowest BCUT2D eigenvalue weighted by Crippen LogP contribution is -2.22. The summed E-state index contributed by atoms with van der Waals surface area (Å²) >= 11 is 0. The van der Waals surface area contributed by atoms with Crippen LogP contribution in [-0.2, 0) is 4.79 Å². The van der Waals surface area contributed by atoms with Crippen molar-refractivity contribution < 1.29 is 4.79 Å². The molecule has 1 aromatic heterocycles. The summed E-state index contributed by atoms with van der Waals surface area (Å²) < 4.78 is 0. The summed E-state index contributed by atoms with van der Waals surface area (Å²) in [6, 6.07) is 12.5. The number of allylic oxidation sites excluding steroid dienone is 2. The topological polar surface area (TPSA) is 65.8 Å². The lowest BCUT2D eigenvalue weighted by molar-refractivity contribution is -0.118. The number of carbonyl (C=O) groups excluding carboxylic acids is 1. The van der Waals surface area contributed by atoms with Gasteiger partial charge in [-0.2, -0.15) is 5.26 Å². The van der Waals surface area contributed by atoms with Crippen molar-refractivity contribution in [2.45, 2.75) is 66.7 Å². The summed E-state index contributed by atoms with van der Waals surface area (Å²) in [6.07, 6.45) is 7.68. The van der Waals surface area contributed by atoms with Crippen molar-refractivity contribution in [3.63, 3.8) is 0 Å². The number of pyridine rings is 1. The summed E-state index contributed by atoms with van der Waals surface area (Å²) in [4.78, 5) is 16.8. The monoisotopic (exact) mass is 429 g/mol. The van der Waals surface area contributed by atoms with Crippen LogP contribution in [0.5, 0.6) is 0 Å². The molecule has 0 aliphatic heterocycles. The predicted molar refractivity (Wildman–Crippen MR) is 132 cm³/mol. The summed E-state index contributed by atoms with van der Waals surface area (Å²) in [5.41, 5.74) is 6.34. The molecule has 2 aromatic rings. The van der Waals surface area contributed by atoms with Gasteiger partial charge in [0.15, 0.2) is 0 Å². The Hall–Kier alpha value is -2.93. The fourth-order valence-electron chi connectivity index (χ4n) is 4.43. The van der Waals surface area contributed by atoms with E-state index >= 15 is 0 Å². The van der Waals surface area contributed by atoms with Crippen molar-refractivity contribution in [1.29, 1.82) is 5.26 Å². The second kappa shape index (κ2) is 10.6. The maximum atomic E-state index is 12.3. The number of nitriles is 1. The number of nitrogens with zero attached hydrogens (tertiary/aromatic N) is 2. The van der Waals surface area contributed by atoms with Gasteiger partial charge >= 0.3 is 0 Å². The number of nitrogens with one attached hydrogen (secondary N) is 1. The van der Waals surface area contributed by atoms with E-state index in [9.17, 15) is 10.1 Å². The Kier molecular flexibility index (Phi) is 7.85. The number of hydrogen-bond donors (Lipinski definition) is 1. The molecule has 1 N–H and O–H groups in total. The average Bonchev–Trinajstić information content (AvgIpc) is 2.73. The minimum atomic E-state index is -0.0903. The first-order chi connectivity index (χ1) is 15.3. The van der Waals surface area contributed by atoms with E-state index in [4.69, 9.17) is 0 Å². The summed E-state index contributed by atoms with van der Waals surface area (Å²) in [5, 5.41) is 13.3. The Morgan fingerprint density at radius 2 is 2.00 bits per heavy atom. The van der Waals surface area contributed by atoms with E-state index in [1.54, 1.807) is 0 Å².